The van der Waals surface area contributed by atoms with Gasteiger partial charge >= 0.3 is 5.69 Å². The average Bonchev–Trinajstić information content (AvgIpc) is 2.71. The molecule has 0 saturated carbocycles. The van der Waals surface area contributed by atoms with Gasteiger partial charge in [0.1, 0.15) is 6.04 Å². The molecular formula is C16H17N3O3. The maximum Gasteiger partial charge on any atom is 0.329 e. The van der Waals surface area contributed by atoms with E-state index in [2.05, 4.69) is 11.9 Å². The molecule has 0 radical (unpaired) electrons. The van der Waals surface area contributed by atoms with Crippen LogP contribution in [-0.4, -0.2) is 20.9 Å². The number of carbonyl (C=O) groups is 2. The molecule has 1 saturated heterocycles. The van der Waals surface area contributed by atoms with Crippen molar-refractivity contribution in [2.45, 2.75) is 25.8 Å². The number of fused-ring (bicyclic) bond motifs is 1. The van der Waals surface area contributed by atoms with E-state index in [0.29, 0.717) is 11.9 Å². The highest BCUT2D eigenvalue weighted by Gasteiger charge is 2.31. The second-order valence-corrected chi connectivity index (χ2v) is 5.66. The van der Waals surface area contributed by atoms with Crippen molar-refractivity contribution in [2.75, 3.05) is 0 Å². The number of hydrogen-bond acceptors (Lipinski definition) is 3. The van der Waals surface area contributed by atoms with Gasteiger partial charge in [0.25, 0.3) is 0 Å². The number of amides is 2. The minimum Gasteiger partial charge on any atom is -0.295 e. The number of imide groups is 1. The fourth-order valence-corrected chi connectivity index (χ4v) is 2.86. The van der Waals surface area contributed by atoms with E-state index in [0.717, 1.165) is 16.7 Å². The largest absolute Gasteiger partial charge is 0.329 e. The van der Waals surface area contributed by atoms with Gasteiger partial charge in [-0.1, -0.05) is 18.2 Å². The molecule has 0 aliphatic carbocycles. The first-order chi connectivity index (χ1) is 10.4. The predicted molar refractivity (Wildman–Crippen MR) is 83.3 cm³/mol. The molecule has 1 aromatic carbocycles. The zero-order valence-electron chi connectivity index (χ0n) is 12.5. The van der Waals surface area contributed by atoms with Gasteiger partial charge in [0.05, 0.1) is 11.0 Å². The first-order valence-electron chi connectivity index (χ1n) is 7.10. The summed E-state index contributed by atoms with van der Waals surface area (Å²) in [4.78, 5) is 36.0. The lowest BCUT2D eigenvalue weighted by Crippen LogP contribution is -2.44. The Bertz CT molecular complexity index is 873. The quantitative estimate of drug-likeness (QED) is 0.851. The molecule has 1 aliphatic rings. The third-order valence-corrected chi connectivity index (χ3v) is 4.10. The fraction of sp³-hybridized carbons (Fsp3) is 0.312. The molecule has 1 fully saturated rings. The summed E-state index contributed by atoms with van der Waals surface area (Å²) in [5, 5.41) is 2.30. The SMILES string of the molecule is C=C(C)c1ccc2c(c1)n(C1CCC(=O)NC1=O)c(=O)n2C. The summed E-state index contributed by atoms with van der Waals surface area (Å²) in [7, 11) is 1.67. The van der Waals surface area contributed by atoms with Gasteiger partial charge in [0.15, 0.2) is 0 Å². The Labute approximate surface area is 127 Å². The Kier molecular flexibility index (Phi) is 3.24. The number of piperidine rings is 1. The van der Waals surface area contributed by atoms with Gasteiger partial charge < -0.3 is 0 Å². The molecular weight excluding hydrogens is 282 g/mol. The first kappa shape index (κ1) is 14.3. The van der Waals surface area contributed by atoms with E-state index >= 15 is 0 Å². The molecule has 0 bridgehead atoms. The number of allylic oxidation sites excluding steroid dienone is 1. The van der Waals surface area contributed by atoms with Crippen molar-refractivity contribution in [3.05, 3.63) is 40.8 Å². The van der Waals surface area contributed by atoms with E-state index < -0.39 is 11.9 Å². The summed E-state index contributed by atoms with van der Waals surface area (Å²) in [6.45, 7) is 5.80. The first-order valence-corrected chi connectivity index (χ1v) is 7.10. The van der Waals surface area contributed by atoms with Crippen molar-refractivity contribution < 1.29 is 9.59 Å². The molecule has 1 N–H and O–H groups in total. The lowest BCUT2D eigenvalue weighted by atomic mass is 10.0. The summed E-state index contributed by atoms with van der Waals surface area (Å²) in [5.74, 6) is -0.719. The molecule has 0 spiro atoms. The topological polar surface area (TPSA) is 73.1 Å². The minimum atomic E-state index is -0.658. The number of nitrogens with one attached hydrogen (secondary N) is 1. The number of benzene rings is 1. The molecule has 3 rings (SSSR count). The van der Waals surface area contributed by atoms with Crippen molar-refractivity contribution in [1.82, 2.24) is 14.5 Å². The molecule has 22 heavy (non-hydrogen) atoms. The fourth-order valence-electron chi connectivity index (χ4n) is 2.86. The van der Waals surface area contributed by atoms with E-state index in [1.54, 1.807) is 7.05 Å². The van der Waals surface area contributed by atoms with Gasteiger partial charge in [0, 0.05) is 13.5 Å². The van der Waals surface area contributed by atoms with E-state index in [1.807, 2.05) is 25.1 Å². The van der Waals surface area contributed by atoms with Crippen molar-refractivity contribution >= 4 is 28.4 Å². The number of rotatable bonds is 2. The Balaban J connectivity index is 2.24. The summed E-state index contributed by atoms with van der Waals surface area (Å²) >= 11 is 0. The molecule has 2 heterocycles. The Hall–Kier alpha value is -2.63. The summed E-state index contributed by atoms with van der Waals surface area (Å²) in [6.07, 6.45) is 0.570. The highest BCUT2D eigenvalue weighted by Crippen LogP contribution is 2.25. The number of carbonyl (C=O) groups excluding carboxylic acids is 2. The minimum absolute atomic E-state index is 0.236. The number of nitrogens with zero attached hydrogens (tertiary/aromatic N) is 2. The van der Waals surface area contributed by atoms with Crippen LogP contribution < -0.4 is 11.0 Å². The number of hydrogen-bond donors (Lipinski definition) is 1. The molecule has 114 valence electrons. The molecule has 1 unspecified atom stereocenters. The third-order valence-electron chi connectivity index (χ3n) is 4.10. The van der Waals surface area contributed by atoms with Gasteiger partial charge in [-0.25, -0.2) is 4.79 Å². The van der Waals surface area contributed by atoms with E-state index in [9.17, 15) is 14.4 Å². The lowest BCUT2D eigenvalue weighted by Gasteiger charge is -2.22. The van der Waals surface area contributed by atoms with Crippen molar-refractivity contribution in [1.29, 1.82) is 0 Å². The van der Waals surface area contributed by atoms with Crippen LogP contribution in [0, 0.1) is 0 Å². The zero-order valence-corrected chi connectivity index (χ0v) is 12.5. The molecule has 2 aromatic rings. The van der Waals surface area contributed by atoms with Gasteiger partial charge in [-0.15, -0.1) is 0 Å². The maximum atomic E-state index is 12.5. The lowest BCUT2D eigenvalue weighted by molar-refractivity contribution is -0.135. The number of imidazole rings is 1. The number of aryl methyl sites for hydroxylation is 1. The summed E-state index contributed by atoms with van der Waals surface area (Å²) in [5.41, 5.74) is 2.97. The predicted octanol–water partition coefficient (Wildman–Crippen LogP) is 1.35. The van der Waals surface area contributed by atoms with Crippen molar-refractivity contribution in [3.8, 4) is 0 Å². The maximum absolute atomic E-state index is 12.5. The third kappa shape index (κ3) is 2.07. The zero-order chi connectivity index (χ0) is 16.0. The van der Waals surface area contributed by atoms with Crippen LogP contribution in [0.4, 0.5) is 0 Å². The van der Waals surface area contributed by atoms with Crippen LogP contribution in [-0.2, 0) is 16.6 Å². The molecule has 2 amide bonds. The second-order valence-electron chi connectivity index (χ2n) is 5.66. The van der Waals surface area contributed by atoms with E-state index in [1.165, 1.54) is 9.13 Å². The molecule has 1 aromatic heterocycles. The highest BCUT2D eigenvalue weighted by molar-refractivity contribution is 6.00. The monoisotopic (exact) mass is 299 g/mol. The standard InChI is InChI=1S/C16H17N3O3/c1-9(2)10-4-5-11-13(8-10)19(16(22)18(11)3)12-6-7-14(20)17-15(12)21/h4-5,8,12H,1,6-7H2,2-3H3,(H,17,20,21). The van der Waals surface area contributed by atoms with Crippen molar-refractivity contribution in [2.24, 2.45) is 7.05 Å². The Morgan fingerprint density at radius 2 is 2.00 bits per heavy atom. The molecule has 1 atom stereocenters. The van der Waals surface area contributed by atoms with Gasteiger partial charge in [0.2, 0.25) is 11.8 Å². The van der Waals surface area contributed by atoms with Gasteiger partial charge in [-0.05, 0) is 31.0 Å². The normalized spacial score (nSPS) is 18.5. The van der Waals surface area contributed by atoms with Crippen LogP contribution in [0.3, 0.4) is 0 Å². The average molecular weight is 299 g/mol. The molecule has 6 nitrogen and oxygen atoms in total. The van der Waals surface area contributed by atoms with Crippen LogP contribution in [0.5, 0.6) is 0 Å². The number of aromatic nitrogens is 2. The van der Waals surface area contributed by atoms with Crippen LogP contribution in [0.15, 0.2) is 29.6 Å². The summed E-state index contributed by atoms with van der Waals surface area (Å²) < 4.78 is 2.99. The molecule has 6 heteroatoms. The van der Waals surface area contributed by atoms with Crippen LogP contribution >= 0.6 is 0 Å². The Morgan fingerprint density at radius 3 is 2.64 bits per heavy atom. The summed E-state index contributed by atoms with van der Waals surface area (Å²) in [6, 6.07) is 4.96. The van der Waals surface area contributed by atoms with Gasteiger partial charge in [-0.3, -0.25) is 24.0 Å². The van der Waals surface area contributed by atoms with Crippen molar-refractivity contribution in [3.63, 3.8) is 0 Å². The highest BCUT2D eigenvalue weighted by atomic mass is 16.2. The van der Waals surface area contributed by atoms with Crippen LogP contribution in [0.1, 0.15) is 31.4 Å². The second kappa shape index (κ2) is 4.98. The van der Waals surface area contributed by atoms with E-state index in [4.69, 9.17) is 0 Å². The van der Waals surface area contributed by atoms with Crippen LogP contribution in [0.25, 0.3) is 16.6 Å². The smallest absolute Gasteiger partial charge is 0.295 e. The van der Waals surface area contributed by atoms with Crippen LogP contribution in [0.2, 0.25) is 0 Å². The van der Waals surface area contributed by atoms with E-state index in [-0.39, 0.29) is 18.0 Å². The molecule has 1 aliphatic heterocycles. The Morgan fingerprint density at radius 1 is 1.27 bits per heavy atom. The van der Waals surface area contributed by atoms with Gasteiger partial charge in [-0.2, -0.15) is 0 Å².